The van der Waals surface area contributed by atoms with Crippen LogP contribution in [0.4, 0.5) is 8.78 Å². The second-order valence-electron chi connectivity index (χ2n) is 4.64. The van der Waals surface area contributed by atoms with Crippen molar-refractivity contribution in [3.63, 3.8) is 0 Å². The molecule has 0 heterocycles. The molecule has 0 bridgehead atoms. The first-order valence-electron chi connectivity index (χ1n) is 6.82. The Morgan fingerprint density at radius 2 is 1.80 bits per heavy atom. The second-order valence-corrected chi connectivity index (χ2v) is 6.50. The maximum atomic E-state index is 12.1. The van der Waals surface area contributed by atoms with Gasteiger partial charge in [0.15, 0.2) is 0 Å². The molecule has 0 radical (unpaired) electrons. The summed E-state index contributed by atoms with van der Waals surface area (Å²) < 4.78 is 28.3. The van der Waals surface area contributed by atoms with Gasteiger partial charge in [-0.25, -0.2) is 0 Å². The van der Waals surface area contributed by atoms with Crippen molar-refractivity contribution in [1.29, 1.82) is 0 Å². The Morgan fingerprint density at radius 1 is 1.12 bits per heavy atom. The molecule has 0 atom stereocenters. The van der Waals surface area contributed by atoms with Crippen LogP contribution in [0.2, 0.25) is 10.0 Å². The molecule has 0 saturated heterocycles. The molecule has 2 aromatic rings. The molecule has 2 amide bonds. The average molecular weight is 406 g/mol. The lowest BCUT2D eigenvalue weighted by molar-refractivity contribution is -0.117. The third-order valence-corrected chi connectivity index (χ3v) is 4.58. The van der Waals surface area contributed by atoms with E-state index in [1.807, 2.05) is 0 Å². The van der Waals surface area contributed by atoms with Crippen LogP contribution in [0.3, 0.4) is 0 Å². The number of benzene rings is 2. The molecular weight excluding hydrogens is 395 g/mol. The van der Waals surface area contributed by atoms with Crippen molar-refractivity contribution in [3.8, 4) is 5.75 Å². The number of thioether (sulfide) groups is 1. The lowest BCUT2D eigenvalue weighted by Gasteiger charge is -2.07. The summed E-state index contributed by atoms with van der Waals surface area (Å²) in [6.07, 6.45) is 0. The molecule has 25 heavy (non-hydrogen) atoms. The van der Waals surface area contributed by atoms with E-state index in [-0.39, 0.29) is 17.1 Å². The molecule has 0 aliphatic rings. The number of hydrogen-bond acceptors (Lipinski definition) is 4. The van der Waals surface area contributed by atoms with E-state index < -0.39 is 18.4 Å². The van der Waals surface area contributed by atoms with Gasteiger partial charge in [0.2, 0.25) is 5.91 Å². The molecule has 0 saturated carbocycles. The van der Waals surface area contributed by atoms with Crippen molar-refractivity contribution in [3.05, 3.63) is 58.1 Å². The normalized spacial score (nSPS) is 10.6. The maximum Gasteiger partial charge on any atom is 0.387 e. The van der Waals surface area contributed by atoms with E-state index in [1.54, 1.807) is 18.2 Å². The topological polar surface area (TPSA) is 55.4 Å². The summed E-state index contributed by atoms with van der Waals surface area (Å²) >= 11 is 13.0. The van der Waals surface area contributed by atoms with Crippen molar-refractivity contribution in [1.82, 2.24) is 5.32 Å². The summed E-state index contributed by atoms with van der Waals surface area (Å²) in [5, 5.41) is 3.13. The molecule has 0 aliphatic carbocycles. The van der Waals surface area contributed by atoms with E-state index in [1.165, 1.54) is 24.3 Å². The van der Waals surface area contributed by atoms with Crippen LogP contribution in [0, 0.1) is 0 Å². The molecule has 0 fully saturated rings. The minimum Gasteiger partial charge on any atom is -0.435 e. The number of halogens is 4. The highest BCUT2D eigenvalue weighted by Crippen LogP contribution is 2.29. The Balaban J connectivity index is 1.89. The minimum absolute atomic E-state index is 0.0433. The number of nitrogens with one attached hydrogen (secondary N) is 1. The van der Waals surface area contributed by atoms with Gasteiger partial charge in [-0.3, -0.25) is 14.9 Å². The lowest BCUT2D eigenvalue weighted by Crippen LogP contribution is -2.31. The van der Waals surface area contributed by atoms with Crippen LogP contribution in [-0.4, -0.2) is 24.2 Å². The van der Waals surface area contributed by atoms with Crippen molar-refractivity contribution in [2.75, 3.05) is 5.75 Å². The van der Waals surface area contributed by atoms with Crippen molar-refractivity contribution in [2.45, 2.75) is 11.5 Å². The first kappa shape index (κ1) is 19.5. The molecule has 0 unspecified atom stereocenters. The number of ether oxygens (including phenoxy) is 1. The Morgan fingerprint density at radius 3 is 2.44 bits per heavy atom. The quantitative estimate of drug-likeness (QED) is 0.710. The Bertz CT molecular complexity index is 772. The van der Waals surface area contributed by atoms with Gasteiger partial charge in [0.05, 0.1) is 10.8 Å². The second kappa shape index (κ2) is 9.03. The van der Waals surface area contributed by atoms with E-state index in [0.717, 1.165) is 11.8 Å². The zero-order chi connectivity index (χ0) is 18.4. The number of hydrogen-bond donors (Lipinski definition) is 1. The summed E-state index contributed by atoms with van der Waals surface area (Å²) in [6.45, 7) is -2.95. The Labute approximate surface area is 156 Å². The zero-order valence-corrected chi connectivity index (χ0v) is 14.8. The molecule has 2 aromatic carbocycles. The smallest absolute Gasteiger partial charge is 0.387 e. The average Bonchev–Trinajstić information content (AvgIpc) is 2.55. The number of imide groups is 1. The number of rotatable bonds is 6. The van der Waals surface area contributed by atoms with Crippen molar-refractivity contribution >= 4 is 46.8 Å². The molecule has 0 spiro atoms. The van der Waals surface area contributed by atoms with Crippen LogP contribution in [0.15, 0.2) is 47.4 Å². The summed E-state index contributed by atoms with van der Waals surface area (Å²) in [6, 6.07) is 9.84. The Hall–Kier alpha value is -1.83. The highest BCUT2D eigenvalue weighted by molar-refractivity contribution is 8.00. The fourth-order valence-corrected chi connectivity index (χ4v) is 3.05. The molecule has 4 nitrogen and oxygen atoms in total. The molecule has 0 aliphatic heterocycles. The van der Waals surface area contributed by atoms with E-state index in [9.17, 15) is 18.4 Å². The third-order valence-electron chi connectivity index (χ3n) is 2.85. The first-order valence-corrected chi connectivity index (χ1v) is 8.56. The minimum atomic E-state index is -2.95. The van der Waals surface area contributed by atoms with Crippen molar-refractivity contribution < 1.29 is 23.1 Å². The molecular formula is C16H11Cl2F2NO3S. The van der Waals surface area contributed by atoms with E-state index in [0.29, 0.717) is 14.9 Å². The van der Waals surface area contributed by atoms with Gasteiger partial charge in [0.25, 0.3) is 5.91 Å². The monoisotopic (exact) mass is 405 g/mol. The van der Waals surface area contributed by atoms with Gasteiger partial charge < -0.3 is 4.74 Å². The van der Waals surface area contributed by atoms with E-state index >= 15 is 0 Å². The number of carbonyl (C=O) groups is 2. The number of alkyl halides is 2. The molecule has 1 N–H and O–H groups in total. The van der Waals surface area contributed by atoms with Crippen LogP contribution in [0.5, 0.6) is 5.75 Å². The number of carbonyl (C=O) groups excluding carboxylic acids is 2. The molecule has 9 heteroatoms. The molecule has 2 rings (SSSR count). The van der Waals surface area contributed by atoms with Gasteiger partial charge in [-0.15, -0.1) is 11.8 Å². The highest BCUT2D eigenvalue weighted by atomic mass is 35.5. The van der Waals surface area contributed by atoms with Crippen LogP contribution in [0.1, 0.15) is 10.4 Å². The highest BCUT2D eigenvalue weighted by Gasteiger charge is 2.13. The van der Waals surface area contributed by atoms with Crippen LogP contribution >= 0.6 is 35.0 Å². The zero-order valence-electron chi connectivity index (χ0n) is 12.5. The SMILES string of the molecule is O=C(CSc1cc(Cl)ccc1Cl)NC(=O)c1ccc(OC(F)F)cc1. The summed E-state index contributed by atoms with van der Waals surface area (Å²) in [5.74, 6) is -1.30. The van der Waals surface area contributed by atoms with Crippen LogP contribution in [-0.2, 0) is 4.79 Å². The molecule has 0 aromatic heterocycles. The fourth-order valence-electron chi connectivity index (χ4n) is 1.75. The predicted molar refractivity (Wildman–Crippen MR) is 92.7 cm³/mol. The van der Waals surface area contributed by atoms with Gasteiger partial charge in [-0.2, -0.15) is 8.78 Å². The van der Waals surface area contributed by atoms with Crippen molar-refractivity contribution in [2.24, 2.45) is 0 Å². The van der Waals surface area contributed by atoms with Crippen LogP contribution in [0.25, 0.3) is 0 Å². The van der Waals surface area contributed by atoms with Gasteiger partial charge in [0, 0.05) is 15.5 Å². The van der Waals surface area contributed by atoms with Gasteiger partial charge in [0.1, 0.15) is 5.75 Å². The summed E-state index contributed by atoms with van der Waals surface area (Å²) in [5.41, 5.74) is 0.140. The van der Waals surface area contributed by atoms with Gasteiger partial charge in [-0.05, 0) is 42.5 Å². The fraction of sp³-hybridized carbons (Fsp3) is 0.125. The van der Waals surface area contributed by atoms with E-state index in [4.69, 9.17) is 23.2 Å². The molecule has 132 valence electrons. The van der Waals surface area contributed by atoms with Gasteiger partial charge >= 0.3 is 6.61 Å². The maximum absolute atomic E-state index is 12.1. The first-order chi connectivity index (χ1) is 11.8. The van der Waals surface area contributed by atoms with Gasteiger partial charge in [-0.1, -0.05) is 23.2 Å². The lowest BCUT2D eigenvalue weighted by atomic mass is 10.2. The standard InChI is InChI=1S/C16H11Cl2F2NO3S/c17-10-3-6-12(18)13(7-10)25-8-14(22)21-15(23)9-1-4-11(5-2-9)24-16(19)20/h1-7,16H,8H2,(H,21,22,23). The largest absolute Gasteiger partial charge is 0.435 e. The van der Waals surface area contributed by atoms with Crippen LogP contribution < -0.4 is 10.1 Å². The summed E-state index contributed by atoms with van der Waals surface area (Å²) in [7, 11) is 0. The Kier molecular flexibility index (Phi) is 7.04. The third kappa shape index (κ3) is 6.19. The summed E-state index contributed by atoms with van der Waals surface area (Å²) in [4.78, 5) is 24.4. The number of amides is 2. The predicted octanol–water partition coefficient (Wildman–Crippen LogP) is 4.64. The van der Waals surface area contributed by atoms with E-state index in [2.05, 4.69) is 10.1 Å².